The number of benzene rings is 1. The van der Waals surface area contributed by atoms with Gasteiger partial charge in [0.15, 0.2) is 0 Å². The maximum absolute atomic E-state index is 13.1. The first-order valence-electron chi connectivity index (χ1n) is 12.2. The molecule has 0 aliphatic carbocycles. The fraction of sp³-hybridized carbons (Fsp3) is 0.520. The number of nitrogens with one attached hydrogen (secondary N) is 5. The lowest BCUT2D eigenvalue weighted by molar-refractivity contribution is -0.142. The van der Waals surface area contributed by atoms with Crippen LogP contribution in [0.3, 0.4) is 0 Å². The van der Waals surface area contributed by atoms with Crippen molar-refractivity contribution in [2.75, 3.05) is 13.2 Å². The van der Waals surface area contributed by atoms with Crippen LogP contribution in [0.5, 0.6) is 0 Å². The molecular weight excluding hydrogens is 466 g/mol. The molecule has 1 aromatic carbocycles. The number of aliphatic carboxylic acids is 1. The normalized spacial score (nSPS) is 17.9. The zero-order valence-electron chi connectivity index (χ0n) is 20.5. The first kappa shape index (κ1) is 27.2. The summed E-state index contributed by atoms with van der Waals surface area (Å²) < 4.78 is 0. The number of hydrogen-bond acceptors (Lipinski definition) is 6. The van der Waals surface area contributed by atoms with E-state index in [0.717, 1.165) is 22.9 Å². The van der Waals surface area contributed by atoms with Gasteiger partial charge in [-0.2, -0.15) is 0 Å². The molecule has 1 aliphatic heterocycles. The molecule has 3 rings (SSSR count). The standard InChI is InChI=1S/C25H35N5O6/c1-14(2)10-19(28-24(34)21(13-31)30-22(32)18-8-5-9-26-18)23(33)29-20(25(35)36)11-15-12-27-17-7-4-3-6-16(15)17/h3-4,6-7,12,14,18-21,26-27,31H,5,8-11,13H2,1-2H3,(H,28,34)(H,29,33)(H,30,32)(H,35,36). The van der Waals surface area contributed by atoms with Gasteiger partial charge in [-0.1, -0.05) is 32.0 Å². The average Bonchev–Trinajstić information content (AvgIpc) is 3.52. The van der Waals surface area contributed by atoms with E-state index >= 15 is 0 Å². The van der Waals surface area contributed by atoms with Gasteiger partial charge in [-0.3, -0.25) is 14.4 Å². The minimum atomic E-state index is -1.23. The number of carboxylic acids is 1. The number of aliphatic hydroxyl groups is 1. The molecule has 4 unspecified atom stereocenters. The topological polar surface area (TPSA) is 173 Å². The van der Waals surface area contributed by atoms with E-state index in [0.29, 0.717) is 13.0 Å². The third-order valence-electron chi connectivity index (χ3n) is 6.25. The molecule has 36 heavy (non-hydrogen) atoms. The first-order chi connectivity index (χ1) is 17.2. The van der Waals surface area contributed by atoms with E-state index in [9.17, 15) is 29.4 Å². The summed E-state index contributed by atoms with van der Waals surface area (Å²) in [6, 6.07) is 3.54. The molecule has 3 amide bonds. The Labute approximate surface area is 209 Å². The summed E-state index contributed by atoms with van der Waals surface area (Å²) in [6.45, 7) is 3.79. The Bertz CT molecular complexity index is 1080. The van der Waals surface area contributed by atoms with E-state index in [2.05, 4.69) is 26.3 Å². The second-order valence-electron chi connectivity index (χ2n) is 9.55. The molecular formula is C25H35N5O6. The number of fused-ring (bicyclic) bond motifs is 1. The van der Waals surface area contributed by atoms with Crippen LogP contribution in [0.1, 0.15) is 38.7 Å². The highest BCUT2D eigenvalue weighted by molar-refractivity contribution is 5.94. The van der Waals surface area contributed by atoms with E-state index in [1.807, 2.05) is 38.1 Å². The summed E-state index contributed by atoms with van der Waals surface area (Å²) in [4.78, 5) is 53.4. The van der Waals surface area contributed by atoms with Gasteiger partial charge in [-0.25, -0.2) is 4.79 Å². The highest BCUT2D eigenvalue weighted by Gasteiger charge is 2.31. The lowest BCUT2D eigenvalue weighted by Gasteiger charge is -2.25. The Morgan fingerprint density at radius 2 is 1.72 bits per heavy atom. The summed E-state index contributed by atoms with van der Waals surface area (Å²) in [5.41, 5.74) is 1.60. The minimum absolute atomic E-state index is 0.00259. The number of aromatic amines is 1. The van der Waals surface area contributed by atoms with Gasteiger partial charge in [0.05, 0.1) is 12.6 Å². The van der Waals surface area contributed by atoms with Crippen LogP contribution in [0.15, 0.2) is 30.5 Å². The SMILES string of the molecule is CC(C)CC(NC(=O)C(CO)NC(=O)C1CCCN1)C(=O)NC(Cc1c[nH]c2ccccc12)C(=O)O. The monoisotopic (exact) mass is 501 g/mol. The van der Waals surface area contributed by atoms with E-state index in [1.54, 1.807) is 6.20 Å². The van der Waals surface area contributed by atoms with Crippen molar-refractivity contribution in [1.82, 2.24) is 26.3 Å². The highest BCUT2D eigenvalue weighted by atomic mass is 16.4. The van der Waals surface area contributed by atoms with E-state index in [4.69, 9.17) is 0 Å². The quantitative estimate of drug-likeness (QED) is 0.215. The third kappa shape index (κ3) is 7.05. The molecule has 1 aliphatic rings. The summed E-state index contributed by atoms with van der Waals surface area (Å²) in [6.07, 6.45) is 3.49. The molecule has 196 valence electrons. The largest absolute Gasteiger partial charge is 0.480 e. The fourth-order valence-corrected chi connectivity index (χ4v) is 4.34. The lowest BCUT2D eigenvalue weighted by atomic mass is 10.0. The van der Waals surface area contributed by atoms with Gasteiger partial charge in [0.1, 0.15) is 18.1 Å². The average molecular weight is 502 g/mol. The van der Waals surface area contributed by atoms with E-state index in [1.165, 1.54) is 0 Å². The number of hydrogen-bond donors (Lipinski definition) is 7. The number of carbonyl (C=O) groups excluding carboxylic acids is 3. The van der Waals surface area contributed by atoms with Crippen molar-refractivity contribution in [3.05, 3.63) is 36.0 Å². The molecule has 0 bridgehead atoms. The van der Waals surface area contributed by atoms with Crippen molar-refractivity contribution >= 4 is 34.6 Å². The van der Waals surface area contributed by atoms with Crippen molar-refractivity contribution < 1.29 is 29.4 Å². The van der Waals surface area contributed by atoms with Crippen LogP contribution in [0.2, 0.25) is 0 Å². The van der Waals surface area contributed by atoms with Gasteiger partial charge in [0, 0.05) is 23.5 Å². The number of para-hydroxylation sites is 1. The van der Waals surface area contributed by atoms with Crippen molar-refractivity contribution in [3.63, 3.8) is 0 Å². The Morgan fingerprint density at radius 1 is 1.03 bits per heavy atom. The number of aliphatic hydroxyl groups excluding tert-OH is 1. The number of amides is 3. The predicted octanol–water partition coefficient (Wildman–Crippen LogP) is 0.0398. The zero-order valence-corrected chi connectivity index (χ0v) is 20.5. The smallest absolute Gasteiger partial charge is 0.326 e. The second-order valence-corrected chi connectivity index (χ2v) is 9.55. The minimum Gasteiger partial charge on any atom is -0.480 e. The van der Waals surface area contributed by atoms with Crippen molar-refractivity contribution in [1.29, 1.82) is 0 Å². The van der Waals surface area contributed by atoms with E-state index < -0.39 is 54.5 Å². The number of rotatable bonds is 12. The maximum Gasteiger partial charge on any atom is 0.326 e. The lowest BCUT2D eigenvalue weighted by Crippen LogP contribution is -2.58. The molecule has 7 N–H and O–H groups in total. The van der Waals surface area contributed by atoms with Crippen molar-refractivity contribution in [2.24, 2.45) is 5.92 Å². The Hall–Kier alpha value is -3.44. The third-order valence-corrected chi connectivity index (χ3v) is 6.25. The van der Waals surface area contributed by atoms with Gasteiger partial charge < -0.3 is 36.5 Å². The number of H-pyrrole nitrogens is 1. The molecule has 11 heteroatoms. The number of carbonyl (C=O) groups is 4. The zero-order chi connectivity index (χ0) is 26.2. The predicted molar refractivity (Wildman–Crippen MR) is 133 cm³/mol. The number of carboxylic acid groups (broad SMARTS) is 1. The van der Waals surface area contributed by atoms with Crippen LogP contribution >= 0.6 is 0 Å². The van der Waals surface area contributed by atoms with Crippen LogP contribution in [0.4, 0.5) is 0 Å². The summed E-state index contributed by atoms with van der Waals surface area (Å²) in [5.74, 6) is -2.95. The van der Waals surface area contributed by atoms with Gasteiger partial charge in [0.25, 0.3) is 0 Å². The maximum atomic E-state index is 13.1. The fourth-order valence-electron chi connectivity index (χ4n) is 4.34. The molecule has 4 atom stereocenters. The van der Waals surface area contributed by atoms with Gasteiger partial charge in [-0.15, -0.1) is 0 Å². The Morgan fingerprint density at radius 3 is 2.36 bits per heavy atom. The van der Waals surface area contributed by atoms with Crippen LogP contribution in [-0.4, -0.2) is 76.2 Å². The molecule has 11 nitrogen and oxygen atoms in total. The van der Waals surface area contributed by atoms with Crippen LogP contribution < -0.4 is 21.3 Å². The van der Waals surface area contributed by atoms with Crippen LogP contribution in [-0.2, 0) is 25.6 Å². The molecule has 1 saturated heterocycles. The Kier molecular flexibility index (Phi) is 9.43. The molecule has 2 aromatic rings. The summed E-state index contributed by atoms with van der Waals surface area (Å²) in [7, 11) is 0. The molecule has 1 aromatic heterocycles. The first-order valence-corrected chi connectivity index (χ1v) is 12.2. The summed E-state index contributed by atoms with van der Waals surface area (Å²) >= 11 is 0. The highest BCUT2D eigenvalue weighted by Crippen LogP contribution is 2.19. The molecule has 0 saturated carbocycles. The molecule has 1 fully saturated rings. The van der Waals surface area contributed by atoms with Crippen molar-refractivity contribution in [2.45, 2.75) is 63.7 Å². The summed E-state index contributed by atoms with van der Waals surface area (Å²) in [5, 5.41) is 31.0. The van der Waals surface area contributed by atoms with Crippen molar-refractivity contribution in [3.8, 4) is 0 Å². The molecule has 0 spiro atoms. The molecule has 2 heterocycles. The van der Waals surface area contributed by atoms with E-state index in [-0.39, 0.29) is 18.8 Å². The van der Waals surface area contributed by atoms with Gasteiger partial charge >= 0.3 is 5.97 Å². The van der Waals surface area contributed by atoms with Crippen LogP contribution in [0, 0.1) is 5.92 Å². The van der Waals surface area contributed by atoms with Crippen LogP contribution in [0.25, 0.3) is 10.9 Å². The molecule has 0 radical (unpaired) electrons. The van der Waals surface area contributed by atoms with Gasteiger partial charge in [0.2, 0.25) is 17.7 Å². The number of aromatic nitrogens is 1. The van der Waals surface area contributed by atoms with Gasteiger partial charge in [-0.05, 0) is 43.4 Å². The second kappa shape index (κ2) is 12.5. The Balaban J connectivity index is 1.67.